The molecule has 1 aliphatic heterocycles. The van der Waals surface area contributed by atoms with Crippen molar-refractivity contribution in [2.24, 2.45) is 12.5 Å². The highest BCUT2D eigenvalue weighted by Gasteiger charge is 2.38. The SMILES string of the molecule is CN(CCN1CCCC1)CC(C)(C)Cc1cc(C(F)(F)F)n(C)c1C(=O)O. The van der Waals surface area contributed by atoms with Crippen LogP contribution >= 0.6 is 0 Å². The van der Waals surface area contributed by atoms with Gasteiger partial charge in [0.15, 0.2) is 0 Å². The highest BCUT2D eigenvalue weighted by Crippen LogP contribution is 2.34. The van der Waals surface area contributed by atoms with Gasteiger partial charge in [-0.2, -0.15) is 13.2 Å². The molecule has 1 fully saturated rings. The van der Waals surface area contributed by atoms with Crippen LogP contribution in [0.15, 0.2) is 6.07 Å². The van der Waals surface area contributed by atoms with Gasteiger partial charge in [0, 0.05) is 26.7 Å². The first-order chi connectivity index (χ1) is 12.4. The Hall–Kier alpha value is -1.54. The average molecular weight is 389 g/mol. The summed E-state index contributed by atoms with van der Waals surface area (Å²) in [6.07, 6.45) is -1.83. The van der Waals surface area contributed by atoms with Gasteiger partial charge in [-0.15, -0.1) is 0 Å². The van der Waals surface area contributed by atoms with Gasteiger partial charge >= 0.3 is 12.1 Å². The van der Waals surface area contributed by atoms with Crippen molar-refractivity contribution in [3.63, 3.8) is 0 Å². The quantitative estimate of drug-likeness (QED) is 0.741. The third-order valence-electron chi connectivity index (χ3n) is 5.17. The van der Waals surface area contributed by atoms with Crippen molar-refractivity contribution >= 4 is 5.97 Å². The van der Waals surface area contributed by atoms with Crippen LogP contribution in [0.3, 0.4) is 0 Å². The predicted octanol–water partition coefficient (Wildman–Crippen LogP) is 3.34. The molecule has 0 aromatic carbocycles. The molecule has 0 atom stereocenters. The topological polar surface area (TPSA) is 48.7 Å². The number of likely N-dealkylation sites (tertiary alicyclic amines) is 1. The zero-order valence-electron chi connectivity index (χ0n) is 16.6. The van der Waals surface area contributed by atoms with E-state index in [0.717, 1.165) is 43.9 Å². The normalized spacial score (nSPS) is 16.4. The summed E-state index contributed by atoms with van der Waals surface area (Å²) in [6, 6.07) is 0.982. The first-order valence-electron chi connectivity index (χ1n) is 9.31. The van der Waals surface area contributed by atoms with Gasteiger partial charge in [-0.3, -0.25) is 0 Å². The second-order valence-corrected chi connectivity index (χ2v) is 8.39. The summed E-state index contributed by atoms with van der Waals surface area (Å²) in [5.74, 6) is -1.33. The minimum absolute atomic E-state index is 0.232. The fourth-order valence-electron chi connectivity index (χ4n) is 4.05. The number of hydrogen-bond donors (Lipinski definition) is 1. The molecule has 1 N–H and O–H groups in total. The monoisotopic (exact) mass is 389 g/mol. The molecule has 154 valence electrons. The number of nitrogens with zero attached hydrogens (tertiary/aromatic N) is 3. The number of likely N-dealkylation sites (N-methyl/N-ethyl adjacent to an activating group) is 1. The highest BCUT2D eigenvalue weighted by atomic mass is 19.4. The molecule has 5 nitrogen and oxygen atoms in total. The summed E-state index contributed by atoms with van der Waals surface area (Å²) >= 11 is 0. The van der Waals surface area contributed by atoms with E-state index in [-0.39, 0.29) is 23.1 Å². The van der Waals surface area contributed by atoms with E-state index in [9.17, 15) is 23.1 Å². The first kappa shape index (κ1) is 21.8. The number of carboxylic acid groups (broad SMARTS) is 1. The molecule has 1 aromatic rings. The number of hydrogen-bond acceptors (Lipinski definition) is 3. The Kier molecular flexibility index (Phi) is 6.63. The number of carbonyl (C=O) groups is 1. The van der Waals surface area contributed by atoms with E-state index in [1.807, 2.05) is 20.9 Å². The molecule has 0 radical (unpaired) electrons. The molecule has 0 aliphatic carbocycles. The smallest absolute Gasteiger partial charge is 0.431 e. The minimum Gasteiger partial charge on any atom is -0.477 e. The highest BCUT2D eigenvalue weighted by molar-refractivity contribution is 5.88. The maximum absolute atomic E-state index is 13.2. The van der Waals surface area contributed by atoms with Gasteiger partial charge in [0.1, 0.15) is 11.4 Å². The van der Waals surface area contributed by atoms with Gasteiger partial charge in [0.2, 0.25) is 0 Å². The third kappa shape index (κ3) is 5.72. The molecule has 0 spiro atoms. The van der Waals surface area contributed by atoms with Crippen molar-refractivity contribution in [2.75, 3.05) is 39.8 Å². The van der Waals surface area contributed by atoms with Crippen LogP contribution in [-0.4, -0.2) is 65.2 Å². The molecule has 27 heavy (non-hydrogen) atoms. The van der Waals surface area contributed by atoms with Gasteiger partial charge in [-0.1, -0.05) is 13.8 Å². The van der Waals surface area contributed by atoms with Crippen molar-refractivity contribution in [1.82, 2.24) is 14.4 Å². The van der Waals surface area contributed by atoms with Crippen molar-refractivity contribution < 1.29 is 23.1 Å². The molecule has 0 bridgehead atoms. The van der Waals surface area contributed by atoms with Crippen molar-refractivity contribution in [2.45, 2.75) is 39.3 Å². The number of aromatic nitrogens is 1. The molecule has 1 aromatic heterocycles. The number of halogens is 3. The van der Waals surface area contributed by atoms with Crippen LogP contribution in [0.25, 0.3) is 0 Å². The lowest BCUT2D eigenvalue weighted by molar-refractivity contribution is -0.143. The largest absolute Gasteiger partial charge is 0.477 e. The van der Waals surface area contributed by atoms with Crippen molar-refractivity contribution in [3.05, 3.63) is 23.0 Å². The van der Waals surface area contributed by atoms with Gasteiger partial charge < -0.3 is 19.5 Å². The summed E-state index contributed by atoms with van der Waals surface area (Å²) in [5, 5.41) is 9.41. The predicted molar refractivity (Wildman–Crippen MR) is 98.0 cm³/mol. The third-order valence-corrected chi connectivity index (χ3v) is 5.17. The zero-order valence-corrected chi connectivity index (χ0v) is 16.6. The summed E-state index contributed by atoms with van der Waals surface area (Å²) in [7, 11) is 3.16. The van der Waals surface area contributed by atoms with Gasteiger partial charge in [-0.05, 0) is 56.4 Å². The average Bonchev–Trinajstić information content (AvgIpc) is 3.11. The van der Waals surface area contributed by atoms with Crippen molar-refractivity contribution in [1.29, 1.82) is 0 Å². The molecule has 2 rings (SSSR count). The molecular weight excluding hydrogens is 359 g/mol. The van der Waals surface area contributed by atoms with E-state index in [1.165, 1.54) is 12.8 Å². The Balaban J connectivity index is 2.08. The van der Waals surface area contributed by atoms with Gasteiger partial charge in [0.25, 0.3) is 0 Å². The number of alkyl halides is 3. The van der Waals surface area contributed by atoms with Crippen LogP contribution < -0.4 is 0 Å². The number of carboxylic acids is 1. The van der Waals surface area contributed by atoms with Crippen LogP contribution in [0.1, 0.15) is 48.4 Å². The van der Waals surface area contributed by atoms with Crippen molar-refractivity contribution in [3.8, 4) is 0 Å². The lowest BCUT2D eigenvalue weighted by atomic mass is 9.85. The fraction of sp³-hybridized carbons (Fsp3) is 0.737. The lowest BCUT2D eigenvalue weighted by Crippen LogP contribution is -2.38. The Morgan fingerprint density at radius 2 is 1.85 bits per heavy atom. The van der Waals surface area contributed by atoms with Crippen LogP contribution in [0, 0.1) is 5.41 Å². The van der Waals surface area contributed by atoms with E-state index < -0.39 is 17.8 Å². The lowest BCUT2D eigenvalue weighted by Gasteiger charge is -2.31. The Bertz CT molecular complexity index is 662. The Labute approximate surface area is 158 Å². The summed E-state index contributed by atoms with van der Waals surface area (Å²) in [5.41, 5.74) is -1.33. The summed E-state index contributed by atoms with van der Waals surface area (Å²) in [6.45, 7) is 8.73. The van der Waals surface area contributed by atoms with E-state index in [2.05, 4.69) is 9.80 Å². The molecule has 0 saturated carbocycles. The number of aromatic carboxylic acids is 1. The molecule has 1 aliphatic rings. The van der Waals surface area contributed by atoms with E-state index in [1.54, 1.807) is 0 Å². The molecule has 0 amide bonds. The van der Waals surface area contributed by atoms with Gasteiger partial charge in [0.05, 0.1) is 0 Å². The molecule has 8 heteroatoms. The fourth-order valence-corrected chi connectivity index (χ4v) is 4.05. The van der Waals surface area contributed by atoms with Crippen LogP contribution in [0.5, 0.6) is 0 Å². The maximum Gasteiger partial charge on any atom is 0.431 e. The maximum atomic E-state index is 13.2. The summed E-state index contributed by atoms with van der Waals surface area (Å²) < 4.78 is 40.3. The van der Waals surface area contributed by atoms with Crippen LogP contribution in [-0.2, 0) is 19.6 Å². The molecule has 0 unspecified atom stereocenters. The Morgan fingerprint density at radius 1 is 1.26 bits per heavy atom. The molecule has 2 heterocycles. The second-order valence-electron chi connectivity index (χ2n) is 8.39. The van der Waals surface area contributed by atoms with E-state index >= 15 is 0 Å². The van der Waals surface area contributed by atoms with Gasteiger partial charge in [-0.25, -0.2) is 4.79 Å². The van der Waals surface area contributed by atoms with Crippen LogP contribution in [0.4, 0.5) is 13.2 Å². The van der Waals surface area contributed by atoms with E-state index in [4.69, 9.17) is 0 Å². The molecule has 1 saturated heterocycles. The summed E-state index contributed by atoms with van der Waals surface area (Å²) in [4.78, 5) is 16.1. The molecular formula is C19H30F3N3O2. The minimum atomic E-state index is -4.58. The van der Waals surface area contributed by atoms with Crippen LogP contribution in [0.2, 0.25) is 0 Å². The Morgan fingerprint density at radius 3 is 2.37 bits per heavy atom. The van der Waals surface area contributed by atoms with E-state index in [0.29, 0.717) is 6.54 Å². The zero-order chi connectivity index (χ0) is 20.4. The standard InChI is InChI=1S/C19H30F3N3O2/c1-18(2,13-23(3)9-10-25-7-5-6-8-25)12-14-11-15(19(20,21)22)24(4)16(14)17(26)27/h11H,5-10,12-13H2,1-4H3,(H,26,27). The second kappa shape index (κ2) is 8.22. The first-order valence-corrected chi connectivity index (χ1v) is 9.31. The number of rotatable bonds is 8.